The van der Waals surface area contributed by atoms with E-state index in [0.29, 0.717) is 37.7 Å². The maximum atomic E-state index is 12.9. The molecule has 3 rings (SSSR count). The predicted octanol–water partition coefficient (Wildman–Crippen LogP) is 2.07. The van der Waals surface area contributed by atoms with Crippen molar-refractivity contribution >= 4 is 11.5 Å². The molecule has 9 heteroatoms. The number of allylic oxidation sites excluding steroid dienone is 1. The van der Waals surface area contributed by atoms with E-state index in [-0.39, 0.29) is 6.54 Å². The molecule has 1 aromatic heterocycles. The van der Waals surface area contributed by atoms with Gasteiger partial charge in [0.1, 0.15) is 5.82 Å². The number of aromatic amines is 1. The molecule has 0 radical (unpaired) electrons. The Hall–Kier alpha value is -2.97. The van der Waals surface area contributed by atoms with Gasteiger partial charge in [0.15, 0.2) is 0 Å². The van der Waals surface area contributed by atoms with Gasteiger partial charge >= 0.3 is 11.9 Å². The lowest BCUT2D eigenvalue weighted by Crippen LogP contribution is -2.49. The molecule has 0 bridgehead atoms. The summed E-state index contributed by atoms with van der Waals surface area (Å²) in [6.07, 6.45) is -2.83. The van der Waals surface area contributed by atoms with E-state index in [1.807, 2.05) is 9.80 Å². The summed E-state index contributed by atoms with van der Waals surface area (Å²) in [6, 6.07) is 6.57. The van der Waals surface area contributed by atoms with Gasteiger partial charge < -0.3 is 9.80 Å². The van der Waals surface area contributed by atoms with Crippen LogP contribution in [0.25, 0.3) is 0 Å². The molecule has 0 unspecified atom stereocenters. The lowest BCUT2D eigenvalue weighted by molar-refractivity contribution is -0.137. The van der Waals surface area contributed by atoms with Crippen LogP contribution in [0.4, 0.5) is 24.7 Å². The van der Waals surface area contributed by atoms with E-state index in [0.717, 1.165) is 12.1 Å². The van der Waals surface area contributed by atoms with Crippen LogP contribution in [0.5, 0.6) is 0 Å². The highest BCUT2D eigenvalue weighted by Crippen LogP contribution is 2.32. The van der Waals surface area contributed by atoms with Crippen molar-refractivity contribution in [3.63, 3.8) is 0 Å². The second kappa shape index (κ2) is 7.34. The Labute approximate surface area is 153 Å². The fourth-order valence-electron chi connectivity index (χ4n) is 3.15. The number of anilines is 2. The molecule has 0 atom stereocenters. The number of H-pyrrole nitrogens is 1. The highest BCUT2D eigenvalue weighted by atomic mass is 19.4. The Kier molecular flexibility index (Phi) is 5.11. The normalized spacial score (nSPS) is 15.1. The average Bonchev–Trinajstić information content (AvgIpc) is 2.63. The van der Waals surface area contributed by atoms with Crippen LogP contribution in [0.1, 0.15) is 5.56 Å². The van der Waals surface area contributed by atoms with Gasteiger partial charge in [-0.3, -0.25) is 14.3 Å². The third kappa shape index (κ3) is 4.07. The molecular weight excluding hydrogens is 361 g/mol. The minimum atomic E-state index is -4.39. The third-order valence-corrected chi connectivity index (χ3v) is 4.47. The predicted molar refractivity (Wildman–Crippen MR) is 97.4 cm³/mol. The largest absolute Gasteiger partial charge is 0.416 e. The Morgan fingerprint density at radius 2 is 1.74 bits per heavy atom. The van der Waals surface area contributed by atoms with Gasteiger partial charge in [-0.05, 0) is 18.2 Å². The van der Waals surface area contributed by atoms with Gasteiger partial charge in [-0.15, -0.1) is 6.58 Å². The molecule has 1 saturated heterocycles. The number of aromatic nitrogens is 2. The molecule has 1 aromatic carbocycles. The standard InChI is InChI=1S/C18H19F3N4O2/c1-2-6-25-16(12-15(26)22-17(25)27)24-9-7-23(8-10-24)14-5-3-4-13(11-14)18(19,20)21/h2-5,11-12H,1,6-10H2,(H,22,26,27). The Balaban J connectivity index is 1.80. The van der Waals surface area contributed by atoms with Gasteiger partial charge in [-0.25, -0.2) is 4.79 Å². The minimum Gasteiger partial charge on any atom is -0.368 e. The topological polar surface area (TPSA) is 61.3 Å². The molecule has 2 aromatic rings. The summed E-state index contributed by atoms with van der Waals surface area (Å²) < 4.78 is 40.1. The maximum absolute atomic E-state index is 12.9. The Bertz CT molecular complexity index is 941. The summed E-state index contributed by atoms with van der Waals surface area (Å²) in [5.41, 5.74) is -1.19. The van der Waals surface area contributed by atoms with Crippen molar-refractivity contribution in [2.24, 2.45) is 0 Å². The van der Waals surface area contributed by atoms with Crippen LogP contribution in [0, 0.1) is 0 Å². The van der Waals surface area contributed by atoms with Gasteiger partial charge in [0.2, 0.25) is 0 Å². The molecule has 0 aliphatic carbocycles. The Morgan fingerprint density at radius 3 is 2.37 bits per heavy atom. The van der Waals surface area contributed by atoms with E-state index in [2.05, 4.69) is 11.6 Å². The first-order valence-corrected chi connectivity index (χ1v) is 8.42. The first-order chi connectivity index (χ1) is 12.8. The second-order valence-electron chi connectivity index (χ2n) is 6.22. The van der Waals surface area contributed by atoms with E-state index >= 15 is 0 Å². The van der Waals surface area contributed by atoms with E-state index < -0.39 is 23.0 Å². The second-order valence-corrected chi connectivity index (χ2v) is 6.22. The van der Waals surface area contributed by atoms with Gasteiger partial charge in [-0.2, -0.15) is 13.2 Å². The number of halogens is 3. The molecule has 6 nitrogen and oxygen atoms in total. The first kappa shape index (κ1) is 18.8. The smallest absolute Gasteiger partial charge is 0.368 e. The third-order valence-electron chi connectivity index (χ3n) is 4.47. The van der Waals surface area contributed by atoms with Crippen molar-refractivity contribution in [3.05, 3.63) is 69.4 Å². The maximum Gasteiger partial charge on any atom is 0.416 e. The lowest BCUT2D eigenvalue weighted by Gasteiger charge is -2.38. The molecule has 1 N–H and O–H groups in total. The van der Waals surface area contributed by atoms with Crippen LogP contribution in [0.15, 0.2) is 52.6 Å². The first-order valence-electron chi connectivity index (χ1n) is 8.42. The summed E-state index contributed by atoms with van der Waals surface area (Å²) in [5.74, 6) is 0.479. The van der Waals surface area contributed by atoms with Crippen molar-refractivity contribution in [2.75, 3.05) is 36.0 Å². The highest BCUT2D eigenvalue weighted by molar-refractivity contribution is 5.51. The monoisotopic (exact) mass is 380 g/mol. The van der Waals surface area contributed by atoms with Crippen LogP contribution < -0.4 is 21.0 Å². The zero-order valence-electron chi connectivity index (χ0n) is 14.5. The van der Waals surface area contributed by atoms with E-state index in [1.54, 1.807) is 12.1 Å². The van der Waals surface area contributed by atoms with Gasteiger partial charge in [0.25, 0.3) is 5.56 Å². The van der Waals surface area contributed by atoms with Crippen molar-refractivity contribution in [3.8, 4) is 0 Å². The number of alkyl halides is 3. The fraction of sp³-hybridized carbons (Fsp3) is 0.333. The van der Waals surface area contributed by atoms with Crippen LogP contribution in [-0.2, 0) is 12.7 Å². The summed E-state index contributed by atoms with van der Waals surface area (Å²) in [7, 11) is 0. The van der Waals surface area contributed by atoms with Gasteiger partial charge in [0, 0.05) is 44.5 Å². The van der Waals surface area contributed by atoms with E-state index in [4.69, 9.17) is 0 Å². The Morgan fingerprint density at radius 1 is 1.07 bits per heavy atom. The van der Waals surface area contributed by atoms with Crippen molar-refractivity contribution in [1.82, 2.24) is 9.55 Å². The van der Waals surface area contributed by atoms with Crippen LogP contribution >= 0.6 is 0 Å². The van der Waals surface area contributed by atoms with Crippen LogP contribution in [0.3, 0.4) is 0 Å². The zero-order valence-corrected chi connectivity index (χ0v) is 14.5. The number of hydrogen-bond donors (Lipinski definition) is 1. The number of nitrogens with zero attached hydrogens (tertiary/aromatic N) is 3. The van der Waals surface area contributed by atoms with E-state index in [1.165, 1.54) is 16.7 Å². The van der Waals surface area contributed by atoms with Crippen molar-refractivity contribution < 1.29 is 13.2 Å². The van der Waals surface area contributed by atoms with Gasteiger partial charge in [-0.1, -0.05) is 12.1 Å². The molecule has 0 saturated carbocycles. The molecule has 1 aliphatic heterocycles. The SMILES string of the molecule is C=CCn1c(N2CCN(c3cccc(C(F)(F)F)c3)CC2)cc(=O)[nH]c1=O. The molecule has 144 valence electrons. The average molecular weight is 380 g/mol. The quantitative estimate of drug-likeness (QED) is 0.825. The number of nitrogens with one attached hydrogen (secondary N) is 1. The van der Waals surface area contributed by atoms with Crippen LogP contribution in [-0.4, -0.2) is 35.7 Å². The number of piperazine rings is 1. The fourth-order valence-corrected chi connectivity index (χ4v) is 3.15. The lowest BCUT2D eigenvalue weighted by atomic mass is 10.1. The zero-order chi connectivity index (χ0) is 19.6. The van der Waals surface area contributed by atoms with Crippen molar-refractivity contribution in [1.29, 1.82) is 0 Å². The summed E-state index contributed by atoms with van der Waals surface area (Å²) in [4.78, 5) is 29.7. The molecular formula is C18H19F3N4O2. The summed E-state index contributed by atoms with van der Waals surface area (Å²) in [5, 5.41) is 0. The number of rotatable bonds is 4. The molecule has 0 amide bonds. The molecule has 2 heterocycles. The number of hydrogen-bond acceptors (Lipinski definition) is 4. The van der Waals surface area contributed by atoms with Crippen molar-refractivity contribution in [2.45, 2.75) is 12.7 Å². The van der Waals surface area contributed by atoms with Crippen LogP contribution in [0.2, 0.25) is 0 Å². The van der Waals surface area contributed by atoms with Gasteiger partial charge in [0.05, 0.1) is 5.56 Å². The molecule has 0 spiro atoms. The summed E-state index contributed by atoms with van der Waals surface area (Å²) >= 11 is 0. The minimum absolute atomic E-state index is 0.249. The molecule has 1 fully saturated rings. The molecule has 1 aliphatic rings. The number of benzene rings is 1. The van der Waals surface area contributed by atoms with E-state index in [9.17, 15) is 22.8 Å². The highest BCUT2D eigenvalue weighted by Gasteiger charge is 2.31. The summed E-state index contributed by atoms with van der Waals surface area (Å²) in [6.45, 7) is 5.74. The molecule has 27 heavy (non-hydrogen) atoms.